The van der Waals surface area contributed by atoms with Gasteiger partial charge in [0.15, 0.2) is 5.82 Å². The van der Waals surface area contributed by atoms with Gasteiger partial charge in [-0.2, -0.15) is 5.10 Å². The molecule has 0 atom stereocenters. The predicted molar refractivity (Wildman–Crippen MR) is 67.3 cm³/mol. The van der Waals surface area contributed by atoms with E-state index in [1.54, 1.807) is 17.3 Å². The Morgan fingerprint density at radius 2 is 2.22 bits per heavy atom. The predicted octanol–water partition coefficient (Wildman–Crippen LogP) is 0.748. The number of anilines is 1. The van der Waals surface area contributed by atoms with Crippen LogP contribution in [0.5, 0.6) is 0 Å². The molecule has 0 amide bonds. The van der Waals surface area contributed by atoms with Crippen molar-refractivity contribution in [2.45, 2.75) is 25.7 Å². The van der Waals surface area contributed by atoms with Gasteiger partial charge in [-0.15, -0.1) is 0 Å². The number of fused-ring (bicyclic) bond motifs is 1. The zero-order valence-corrected chi connectivity index (χ0v) is 10.4. The minimum absolute atomic E-state index is 0.799. The Balaban J connectivity index is 1.62. The fourth-order valence-corrected chi connectivity index (χ4v) is 2.30. The lowest BCUT2D eigenvalue weighted by Gasteiger charge is -2.08. The molecule has 0 fully saturated rings. The second-order valence-corrected chi connectivity index (χ2v) is 4.51. The largest absolute Gasteiger partial charge is 0.369 e. The van der Waals surface area contributed by atoms with Crippen molar-refractivity contribution >= 4 is 5.82 Å². The van der Waals surface area contributed by atoms with Gasteiger partial charge >= 0.3 is 0 Å². The van der Waals surface area contributed by atoms with E-state index in [0.29, 0.717) is 0 Å². The summed E-state index contributed by atoms with van der Waals surface area (Å²) >= 11 is 0. The molecule has 0 unspecified atom stereocenters. The number of aryl methyl sites for hydroxylation is 2. The molecule has 2 aromatic heterocycles. The molecule has 6 nitrogen and oxygen atoms in total. The summed E-state index contributed by atoms with van der Waals surface area (Å²) in [6, 6.07) is 0. The Morgan fingerprint density at radius 3 is 3.06 bits per heavy atom. The van der Waals surface area contributed by atoms with Gasteiger partial charge in [0.05, 0.1) is 0 Å². The number of aromatic nitrogens is 5. The Hall–Kier alpha value is -1.98. The molecular weight excluding hydrogens is 228 g/mol. The van der Waals surface area contributed by atoms with Gasteiger partial charge in [-0.05, 0) is 19.3 Å². The Bertz CT molecular complexity index is 547. The molecule has 18 heavy (non-hydrogen) atoms. The van der Waals surface area contributed by atoms with Gasteiger partial charge in [0.1, 0.15) is 18.5 Å². The Kier molecular flexibility index (Phi) is 2.92. The third-order valence-corrected chi connectivity index (χ3v) is 3.16. The lowest BCUT2D eigenvalue weighted by atomic mass is 10.2. The van der Waals surface area contributed by atoms with E-state index in [4.69, 9.17) is 0 Å². The molecule has 3 rings (SSSR count). The van der Waals surface area contributed by atoms with Gasteiger partial charge < -0.3 is 5.32 Å². The van der Waals surface area contributed by atoms with Crippen LogP contribution in [0.4, 0.5) is 5.82 Å². The van der Waals surface area contributed by atoms with Crippen LogP contribution in [0.2, 0.25) is 0 Å². The van der Waals surface area contributed by atoms with Crippen molar-refractivity contribution in [3.05, 3.63) is 29.7 Å². The summed E-state index contributed by atoms with van der Waals surface area (Å²) in [6.07, 6.45) is 7.52. The molecule has 1 aliphatic carbocycles. The van der Waals surface area contributed by atoms with Crippen molar-refractivity contribution in [2.75, 3.05) is 11.9 Å². The highest BCUT2D eigenvalue weighted by Crippen LogP contribution is 2.24. The van der Waals surface area contributed by atoms with Crippen LogP contribution in [-0.4, -0.2) is 31.3 Å². The normalized spacial score (nSPS) is 13.6. The average molecular weight is 244 g/mol. The first kappa shape index (κ1) is 11.1. The van der Waals surface area contributed by atoms with E-state index in [-0.39, 0.29) is 0 Å². The van der Waals surface area contributed by atoms with Gasteiger partial charge in [0.2, 0.25) is 0 Å². The lowest BCUT2D eigenvalue weighted by Crippen LogP contribution is -2.10. The molecular formula is C12H16N6. The van der Waals surface area contributed by atoms with Crippen LogP contribution in [0.15, 0.2) is 12.7 Å². The van der Waals surface area contributed by atoms with Gasteiger partial charge in [0, 0.05) is 31.3 Å². The smallest absolute Gasteiger partial charge is 0.152 e. The summed E-state index contributed by atoms with van der Waals surface area (Å²) in [5.74, 6) is 1.84. The zero-order valence-electron chi connectivity index (χ0n) is 10.4. The van der Waals surface area contributed by atoms with E-state index in [0.717, 1.165) is 37.4 Å². The van der Waals surface area contributed by atoms with Gasteiger partial charge in [-0.3, -0.25) is 4.68 Å². The number of hydrogen-bond acceptors (Lipinski definition) is 5. The van der Waals surface area contributed by atoms with E-state index < -0.39 is 0 Å². The van der Waals surface area contributed by atoms with Gasteiger partial charge in [-0.1, -0.05) is 0 Å². The summed E-state index contributed by atoms with van der Waals surface area (Å²) in [5.41, 5.74) is 2.48. The molecule has 1 aliphatic rings. The van der Waals surface area contributed by atoms with E-state index >= 15 is 0 Å². The molecule has 1 N–H and O–H groups in total. The quantitative estimate of drug-likeness (QED) is 0.859. The topological polar surface area (TPSA) is 68.5 Å². The van der Waals surface area contributed by atoms with Crippen LogP contribution in [0.3, 0.4) is 0 Å². The molecule has 0 spiro atoms. The molecule has 0 aliphatic heterocycles. The van der Waals surface area contributed by atoms with Crippen LogP contribution >= 0.6 is 0 Å². The molecule has 2 heterocycles. The molecule has 94 valence electrons. The second kappa shape index (κ2) is 4.72. The molecule has 0 bridgehead atoms. The first-order valence-corrected chi connectivity index (χ1v) is 6.24. The van der Waals surface area contributed by atoms with E-state index in [1.165, 1.54) is 17.7 Å². The molecule has 0 aromatic carbocycles. The fourth-order valence-electron chi connectivity index (χ4n) is 2.30. The van der Waals surface area contributed by atoms with Crippen molar-refractivity contribution in [3.63, 3.8) is 0 Å². The van der Waals surface area contributed by atoms with Crippen molar-refractivity contribution in [3.8, 4) is 0 Å². The standard InChI is InChI=1S/C12H16N6/c1-18-8-16-11(17-18)5-6-13-12-9-3-2-4-10(9)14-7-15-12/h7-8H,2-6H2,1H3,(H,13,14,15). The third kappa shape index (κ3) is 2.18. The maximum absolute atomic E-state index is 4.32. The number of nitrogens with one attached hydrogen (secondary N) is 1. The molecule has 2 aromatic rings. The Labute approximate surface area is 105 Å². The maximum atomic E-state index is 4.32. The minimum atomic E-state index is 0.799. The monoisotopic (exact) mass is 244 g/mol. The van der Waals surface area contributed by atoms with Gasteiger partial charge in [-0.25, -0.2) is 15.0 Å². The SMILES string of the molecule is Cn1cnc(CCNc2ncnc3c2CCC3)n1. The summed E-state index contributed by atoms with van der Waals surface area (Å²) in [6.45, 7) is 0.799. The maximum Gasteiger partial charge on any atom is 0.152 e. The number of hydrogen-bond donors (Lipinski definition) is 1. The van der Waals surface area contributed by atoms with Crippen molar-refractivity contribution in [1.82, 2.24) is 24.7 Å². The highest BCUT2D eigenvalue weighted by atomic mass is 15.3. The van der Waals surface area contributed by atoms with Crippen LogP contribution in [0.1, 0.15) is 23.5 Å². The minimum Gasteiger partial charge on any atom is -0.369 e. The molecule has 0 saturated carbocycles. The summed E-state index contributed by atoms with van der Waals surface area (Å²) < 4.78 is 1.72. The summed E-state index contributed by atoms with van der Waals surface area (Å²) in [4.78, 5) is 12.8. The van der Waals surface area contributed by atoms with Crippen molar-refractivity contribution in [2.24, 2.45) is 7.05 Å². The molecule has 6 heteroatoms. The van der Waals surface area contributed by atoms with Crippen LogP contribution in [0, 0.1) is 0 Å². The van der Waals surface area contributed by atoms with E-state index in [9.17, 15) is 0 Å². The molecule has 0 radical (unpaired) electrons. The second-order valence-electron chi connectivity index (χ2n) is 4.51. The molecule has 0 saturated heterocycles. The fraction of sp³-hybridized carbons (Fsp3) is 0.500. The van der Waals surface area contributed by atoms with E-state index in [2.05, 4.69) is 25.4 Å². The zero-order chi connectivity index (χ0) is 12.4. The van der Waals surface area contributed by atoms with Crippen LogP contribution in [0.25, 0.3) is 0 Å². The highest BCUT2D eigenvalue weighted by Gasteiger charge is 2.16. The number of rotatable bonds is 4. The Morgan fingerprint density at radius 1 is 1.28 bits per heavy atom. The first-order valence-electron chi connectivity index (χ1n) is 6.24. The number of nitrogens with zero attached hydrogens (tertiary/aromatic N) is 5. The average Bonchev–Trinajstić information content (AvgIpc) is 2.98. The summed E-state index contributed by atoms with van der Waals surface area (Å²) in [7, 11) is 1.88. The first-order chi connectivity index (χ1) is 8.83. The lowest BCUT2D eigenvalue weighted by molar-refractivity contribution is 0.741. The van der Waals surface area contributed by atoms with Crippen LogP contribution < -0.4 is 5.32 Å². The summed E-state index contributed by atoms with van der Waals surface area (Å²) in [5, 5.41) is 7.61. The van der Waals surface area contributed by atoms with E-state index in [1.807, 2.05) is 7.05 Å². The third-order valence-electron chi connectivity index (χ3n) is 3.16. The van der Waals surface area contributed by atoms with Gasteiger partial charge in [0.25, 0.3) is 0 Å². The highest BCUT2D eigenvalue weighted by molar-refractivity contribution is 5.47. The van der Waals surface area contributed by atoms with Crippen LogP contribution in [-0.2, 0) is 26.3 Å². The van der Waals surface area contributed by atoms with Crippen molar-refractivity contribution < 1.29 is 0 Å². The van der Waals surface area contributed by atoms with Crippen molar-refractivity contribution in [1.29, 1.82) is 0 Å².